The molecule has 1 nitrogen and oxygen atoms in total. The van der Waals surface area contributed by atoms with E-state index in [-0.39, 0.29) is 0 Å². The summed E-state index contributed by atoms with van der Waals surface area (Å²) in [6.07, 6.45) is 0. The molecule has 0 bridgehead atoms. The number of rotatable bonds is 0. The van der Waals surface area contributed by atoms with Gasteiger partial charge in [-0.15, -0.1) is 24.0 Å². The van der Waals surface area contributed by atoms with Crippen LogP contribution in [0.4, 0.5) is 5.69 Å². The van der Waals surface area contributed by atoms with Gasteiger partial charge < -0.3 is 5.73 Å². The number of hydrogen-bond acceptors (Lipinski definition) is 3. The van der Waals surface area contributed by atoms with Gasteiger partial charge in [-0.3, -0.25) is 0 Å². The number of nitrogens with two attached hydrogens (primary N) is 1. The molecule has 1 aromatic carbocycles. The highest BCUT2D eigenvalue weighted by atomic mass is 127. The molecule has 0 amide bonds. The summed E-state index contributed by atoms with van der Waals surface area (Å²) in [6, 6.07) is 4.04. The van der Waals surface area contributed by atoms with Gasteiger partial charge in [-0.05, 0) is 34.7 Å². The van der Waals surface area contributed by atoms with Crippen molar-refractivity contribution < 1.29 is 0 Å². The standard InChI is InChI=1S/C8H6INS2/c9-4-1-2-6(11)7-5(10)3-12-8(4)7/h1-3,11H,10H2. The Hall–Kier alpha value is 0.0600. The highest BCUT2D eigenvalue weighted by molar-refractivity contribution is 14.1. The number of thiophene rings is 1. The quantitative estimate of drug-likeness (QED) is 0.566. The van der Waals surface area contributed by atoms with Crippen molar-refractivity contribution in [3.8, 4) is 0 Å². The smallest absolute Gasteiger partial charge is 0.0514 e. The second kappa shape index (κ2) is 3.08. The molecule has 4 heteroatoms. The van der Waals surface area contributed by atoms with Crippen LogP contribution in [0.5, 0.6) is 0 Å². The molecule has 2 rings (SSSR count). The molecule has 0 aliphatic heterocycles. The molecule has 12 heavy (non-hydrogen) atoms. The van der Waals surface area contributed by atoms with Crippen molar-refractivity contribution in [3.63, 3.8) is 0 Å². The number of nitrogen functional groups attached to an aromatic ring is 1. The lowest BCUT2D eigenvalue weighted by Gasteiger charge is -1.98. The van der Waals surface area contributed by atoms with Crippen molar-refractivity contribution >= 4 is 62.3 Å². The predicted molar refractivity (Wildman–Crippen MR) is 66.2 cm³/mol. The first-order valence-corrected chi connectivity index (χ1v) is 5.75. The van der Waals surface area contributed by atoms with Crippen LogP contribution in [0.2, 0.25) is 0 Å². The van der Waals surface area contributed by atoms with Crippen LogP contribution in [0.1, 0.15) is 0 Å². The molecule has 0 spiro atoms. The van der Waals surface area contributed by atoms with Gasteiger partial charge in [0.15, 0.2) is 0 Å². The van der Waals surface area contributed by atoms with Crippen LogP contribution in [-0.4, -0.2) is 0 Å². The number of thiol groups is 1. The van der Waals surface area contributed by atoms with Gasteiger partial charge in [0.1, 0.15) is 0 Å². The van der Waals surface area contributed by atoms with Crippen LogP contribution in [0.15, 0.2) is 22.4 Å². The number of hydrogen-bond donors (Lipinski definition) is 2. The summed E-state index contributed by atoms with van der Waals surface area (Å²) in [7, 11) is 0. The van der Waals surface area contributed by atoms with E-state index in [0.29, 0.717) is 0 Å². The first-order chi connectivity index (χ1) is 5.70. The Morgan fingerprint density at radius 3 is 2.83 bits per heavy atom. The van der Waals surface area contributed by atoms with Crippen molar-refractivity contribution in [2.75, 3.05) is 5.73 Å². The Balaban J connectivity index is 2.98. The topological polar surface area (TPSA) is 26.0 Å². The SMILES string of the molecule is Nc1csc2c(I)ccc(S)c12. The Morgan fingerprint density at radius 2 is 2.17 bits per heavy atom. The molecule has 2 aromatic rings. The van der Waals surface area contributed by atoms with Gasteiger partial charge in [0.25, 0.3) is 0 Å². The van der Waals surface area contributed by atoms with E-state index in [9.17, 15) is 0 Å². The van der Waals surface area contributed by atoms with Gasteiger partial charge in [-0.1, -0.05) is 0 Å². The van der Waals surface area contributed by atoms with Crippen molar-refractivity contribution in [1.29, 1.82) is 0 Å². The van der Waals surface area contributed by atoms with E-state index in [0.717, 1.165) is 16.0 Å². The van der Waals surface area contributed by atoms with Crippen LogP contribution in [0.3, 0.4) is 0 Å². The number of fused-ring (bicyclic) bond motifs is 1. The first-order valence-electron chi connectivity index (χ1n) is 3.34. The third-order valence-corrected chi connectivity index (χ3v) is 4.35. The van der Waals surface area contributed by atoms with Crippen LogP contribution >= 0.6 is 46.6 Å². The Labute approximate surface area is 93.5 Å². The summed E-state index contributed by atoms with van der Waals surface area (Å²) in [5, 5.41) is 3.06. The van der Waals surface area contributed by atoms with Gasteiger partial charge in [0, 0.05) is 19.2 Å². The molecule has 0 aliphatic carbocycles. The molecule has 0 saturated carbocycles. The lowest BCUT2D eigenvalue weighted by molar-refractivity contribution is 1.57. The fourth-order valence-electron chi connectivity index (χ4n) is 1.12. The van der Waals surface area contributed by atoms with E-state index in [1.54, 1.807) is 11.3 Å². The zero-order chi connectivity index (χ0) is 8.72. The lowest BCUT2D eigenvalue weighted by Crippen LogP contribution is -1.82. The third kappa shape index (κ3) is 1.22. The third-order valence-electron chi connectivity index (χ3n) is 1.68. The van der Waals surface area contributed by atoms with Crippen LogP contribution in [0.25, 0.3) is 10.1 Å². The Bertz CT molecular complexity index is 436. The van der Waals surface area contributed by atoms with Crippen molar-refractivity contribution in [2.24, 2.45) is 0 Å². The van der Waals surface area contributed by atoms with E-state index in [2.05, 4.69) is 41.3 Å². The fourth-order valence-corrected chi connectivity index (χ4v) is 3.23. The molecule has 2 N–H and O–H groups in total. The van der Waals surface area contributed by atoms with Gasteiger partial charge in [0.2, 0.25) is 0 Å². The molecule has 0 unspecified atom stereocenters. The summed E-state index contributed by atoms with van der Waals surface area (Å²) in [4.78, 5) is 0.962. The van der Waals surface area contributed by atoms with Crippen LogP contribution in [-0.2, 0) is 0 Å². The van der Waals surface area contributed by atoms with Gasteiger partial charge in [0.05, 0.1) is 10.4 Å². The molecule has 0 atom stereocenters. The van der Waals surface area contributed by atoms with Gasteiger partial charge in [-0.25, -0.2) is 0 Å². The van der Waals surface area contributed by atoms with E-state index in [4.69, 9.17) is 5.73 Å². The average Bonchev–Trinajstić information content (AvgIpc) is 2.42. The lowest BCUT2D eigenvalue weighted by atomic mass is 10.2. The van der Waals surface area contributed by atoms with Gasteiger partial charge >= 0.3 is 0 Å². The minimum atomic E-state index is 0.832. The maximum Gasteiger partial charge on any atom is 0.0514 e. The number of anilines is 1. The predicted octanol–water partition coefficient (Wildman–Crippen LogP) is 3.38. The van der Waals surface area contributed by atoms with Gasteiger partial charge in [-0.2, -0.15) is 0 Å². The van der Waals surface area contributed by atoms with Crippen molar-refractivity contribution in [3.05, 3.63) is 21.1 Å². The van der Waals surface area contributed by atoms with Crippen LogP contribution < -0.4 is 5.73 Å². The number of benzene rings is 1. The molecule has 62 valence electrons. The van der Waals surface area contributed by atoms with E-state index < -0.39 is 0 Å². The number of halogens is 1. The van der Waals surface area contributed by atoms with E-state index in [1.807, 2.05) is 11.4 Å². The maximum absolute atomic E-state index is 5.80. The highest BCUT2D eigenvalue weighted by Gasteiger charge is 2.06. The average molecular weight is 307 g/mol. The second-order valence-corrected chi connectivity index (χ2v) is 4.99. The Kier molecular flexibility index (Phi) is 2.22. The highest BCUT2D eigenvalue weighted by Crippen LogP contribution is 2.35. The van der Waals surface area contributed by atoms with E-state index >= 15 is 0 Å². The summed E-state index contributed by atoms with van der Waals surface area (Å²) < 4.78 is 2.47. The minimum Gasteiger partial charge on any atom is -0.398 e. The molecule has 1 aromatic heterocycles. The second-order valence-electron chi connectivity index (χ2n) is 2.46. The van der Waals surface area contributed by atoms with Crippen molar-refractivity contribution in [2.45, 2.75) is 4.90 Å². The van der Waals surface area contributed by atoms with E-state index in [1.165, 1.54) is 8.27 Å². The zero-order valence-electron chi connectivity index (χ0n) is 6.04. The van der Waals surface area contributed by atoms with Crippen LogP contribution in [0, 0.1) is 3.57 Å². The van der Waals surface area contributed by atoms with Crippen molar-refractivity contribution in [1.82, 2.24) is 0 Å². The summed E-state index contributed by atoms with van der Waals surface area (Å²) >= 11 is 8.34. The normalized spacial score (nSPS) is 10.8. The molecule has 0 aliphatic rings. The summed E-state index contributed by atoms with van der Waals surface area (Å²) in [6.45, 7) is 0. The Morgan fingerprint density at radius 1 is 1.42 bits per heavy atom. The molecule has 0 fully saturated rings. The monoisotopic (exact) mass is 307 g/mol. The largest absolute Gasteiger partial charge is 0.398 e. The molecular weight excluding hydrogens is 301 g/mol. The molecule has 0 radical (unpaired) electrons. The minimum absolute atomic E-state index is 0.832. The molecule has 0 saturated heterocycles. The molecular formula is C8H6INS2. The molecule has 1 heterocycles. The first kappa shape index (κ1) is 8.65. The maximum atomic E-state index is 5.80. The summed E-state index contributed by atoms with van der Waals surface area (Å²) in [5.74, 6) is 0. The summed E-state index contributed by atoms with van der Waals surface area (Å²) in [5.41, 5.74) is 6.64. The zero-order valence-corrected chi connectivity index (χ0v) is 9.91. The fraction of sp³-hybridized carbons (Fsp3) is 0.